The molecule has 0 aliphatic heterocycles. The minimum absolute atomic E-state index is 0.0663. The number of rotatable bonds is 8. The highest BCUT2D eigenvalue weighted by molar-refractivity contribution is 6.31. The van der Waals surface area contributed by atoms with Gasteiger partial charge in [-0.25, -0.2) is 13.8 Å². The van der Waals surface area contributed by atoms with Crippen molar-refractivity contribution < 1.29 is 23.4 Å². The van der Waals surface area contributed by atoms with Gasteiger partial charge in [0.2, 0.25) is 5.88 Å². The predicted molar refractivity (Wildman–Crippen MR) is 96.8 cm³/mol. The molecule has 0 spiro atoms. The molecule has 0 atom stereocenters. The summed E-state index contributed by atoms with van der Waals surface area (Å²) in [6.07, 6.45) is 1.96. The van der Waals surface area contributed by atoms with Crippen LogP contribution in [0.15, 0.2) is 30.7 Å². The quantitative estimate of drug-likeness (QED) is 0.587. The zero-order chi connectivity index (χ0) is 20.1. The molecule has 0 aliphatic carbocycles. The van der Waals surface area contributed by atoms with Crippen LogP contribution in [0.25, 0.3) is 10.9 Å². The molecule has 3 aromatic rings. The van der Waals surface area contributed by atoms with Crippen LogP contribution in [-0.4, -0.2) is 56.9 Å². The van der Waals surface area contributed by atoms with Crippen molar-refractivity contribution in [1.29, 1.82) is 0 Å². The Morgan fingerprint density at radius 3 is 2.93 bits per heavy atom. The number of hydrogen-bond donors (Lipinski definition) is 2. The van der Waals surface area contributed by atoms with Crippen LogP contribution in [0.1, 0.15) is 16.1 Å². The molecule has 0 aliphatic rings. The number of pyridine rings is 2. The Kier molecular flexibility index (Phi) is 6.32. The van der Waals surface area contributed by atoms with Gasteiger partial charge in [0.25, 0.3) is 12.3 Å². The molecule has 0 bridgehead atoms. The van der Waals surface area contributed by atoms with Gasteiger partial charge < -0.3 is 15.2 Å². The van der Waals surface area contributed by atoms with Gasteiger partial charge in [0, 0.05) is 25.1 Å². The first-order valence-corrected chi connectivity index (χ1v) is 8.62. The zero-order valence-corrected chi connectivity index (χ0v) is 15.2. The van der Waals surface area contributed by atoms with Gasteiger partial charge >= 0.3 is 0 Å². The lowest BCUT2D eigenvalue weighted by Crippen LogP contribution is -2.27. The maximum absolute atomic E-state index is 12.2. The highest BCUT2D eigenvalue weighted by Crippen LogP contribution is 2.24. The summed E-state index contributed by atoms with van der Waals surface area (Å²) in [6.45, 7) is -0.556. The largest absolute Gasteiger partial charge is 0.471 e. The molecule has 28 heavy (non-hydrogen) atoms. The number of nitrogens with one attached hydrogen (secondary N) is 1. The second-order valence-electron chi connectivity index (χ2n) is 5.73. The Morgan fingerprint density at radius 1 is 1.39 bits per heavy atom. The van der Waals surface area contributed by atoms with E-state index in [1.54, 1.807) is 23.0 Å². The normalized spacial score (nSPS) is 11.2. The van der Waals surface area contributed by atoms with E-state index in [1.165, 1.54) is 12.4 Å². The van der Waals surface area contributed by atoms with Gasteiger partial charge in [0.15, 0.2) is 6.61 Å². The summed E-state index contributed by atoms with van der Waals surface area (Å²) in [4.78, 5) is 20.2. The zero-order valence-electron chi connectivity index (χ0n) is 14.5. The molecular weight excluding hydrogens is 396 g/mol. The molecule has 0 radical (unpaired) electrons. The fraction of sp³-hybridized carbons (Fsp3) is 0.294. The smallest absolute Gasteiger partial charge is 0.272 e. The van der Waals surface area contributed by atoms with E-state index < -0.39 is 18.9 Å². The fourth-order valence-electron chi connectivity index (χ4n) is 2.50. The first kappa shape index (κ1) is 19.9. The van der Waals surface area contributed by atoms with E-state index in [0.717, 1.165) is 0 Å². The van der Waals surface area contributed by atoms with Crippen molar-refractivity contribution in [2.45, 2.75) is 13.0 Å². The van der Waals surface area contributed by atoms with E-state index >= 15 is 0 Å². The third kappa shape index (κ3) is 4.70. The van der Waals surface area contributed by atoms with Crippen molar-refractivity contribution in [3.05, 3.63) is 47.0 Å². The number of fused-ring (bicyclic) bond motifs is 1. The summed E-state index contributed by atoms with van der Waals surface area (Å²) < 4.78 is 30.9. The van der Waals surface area contributed by atoms with E-state index in [2.05, 4.69) is 20.4 Å². The molecule has 3 rings (SSSR count). The molecular formula is C17H16ClF2N5O3. The number of carbonyl (C=O) groups is 1. The second kappa shape index (κ2) is 8.89. The molecule has 0 saturated carbocycles. The molecule has 3 heterocycles. The van der Waals surface area contributed by atoms with Crippen molar-refractivity contribution in [3.63, 3.8) is 0 Å². The van der Waals surface area contributed by atoms with E-state index in [1.807, 2.05) is 0 Å². The summed E-state index contributed by atoms with van der Waals surface area (Å²) in [5.41, 5.74) is 1.44. The SMILES string of the molecule is O=C(NCCO)c1nccc2nn(Cc3cnc(OCC(F)F)c(Cl)c3)cc12. The standard InChI is InChI=1S/C17H16ClF2N5O3/c18-12-5-10(6-23-17(12)28-9-14(19)20)7-25-8-11-13(24-25)1-2-21-15(11)16(27)22-3-4-26/h1-2,5-6,8,14,26H,3-4,7,9H2,(H,22,27). The number of halogens is 3. The van der Waals surface area contributed by atoms with Crippen molar-refractivity contribution >= 4 is 28.4 Å². The lowest BCUT2D eigenvalue weighted by atomic mass is 10.2. The minimum Gasteiger partial charge on any atom is -0.471 e. The summed E-state index contributed by atoms with van der Waals surface area (Å²) in [7, 11) is 0. The number of ether oxygens (including phenoxy) is 1. The van der Waals surface area contributed by atoms with Crippen molar-refractivity contribution in [2.24, 2.45) is 0 Å². The summed E-state index contributed by atoms with van der Waals surface area (Å²) in [5.74, 6) is -0.479. The number of amides is 1. The van der Waals surface area contributed by atoms with E-state index in [9.17, 15) is 13.6 Å². The van der Waals surface area contributed by atoms with Crippen molar-refractivity contribution in [1.82, 2.24) is 25.1 Å². The van der Waals surface area contributed by atoms with Crippen LogP contribution >= 0.6 is 11.6 Å². The summed E-state index contributed by atoms with van der Waals surface area (Å²) in [5, 5.41) is 16.4. The molecule has 148 valence electrons. The highest BCUT2D eigenvalue weighted by Gasteiger charge is 2.15. The Balaban J connectivity index is 1.79. The fourth-order valence-corrected chi connectivity index (χ4v) is 2.74. The van der Waals surface area contributed by atoms with Crippen LogP contribution in [0.2, 0.25) is 5.02 Å². The van der Waals surface area contributed by atoms with Crippen molar-refractivity contribution in [3.8, 4) is 5.88 Å². The molecule has 11 heteroatoms. The average molecular weight is 412 g/mol. The van der Waals surface area contributed by atoms with Gasteiger partial charge in [0.1, 0.15) is 10.7 Å². The van der Waals surface area contributed by atoms with Crippen LogP contribution in [0.3, 0.4) is 0 Å². The van der Waals surface area contributed by atoms with Crippen LogP contribution < -0.4 is 10.1 Å². The van der Waals surface area contributed by atoms with Crippen LogP contribution in [0.4, 0.5) is 8.78 Å². The molecule has 8 nitrogen and oxygen atoms in total. The summed E-state index contributed by atoms with van der Waals surface area (Å²) in [6, 6.07) is 3.22. The van der Waals surface area contributed by atoms with Gasteiger partial charge in [-0.1, -0.05) is 11.6 Å². The van der Waals surface area contributed by atoms with Gasteiger partial charge in [-0.05, 0) is 17.7 Å². The van der Waals surface area contributed by atoms with E-state index in [0.29, 0.717) is 16.5 Å². The lowest BCUT2D eigenvalue weighted by Gasteiger charge is -2.08. The number of aliphatic hydroxyl groups is 1. The molecule has 3 aromatic heterocycles. The number of carbonyl (C=O) groups excluding carboxylic acids is 1. The first-order valence-electron chi connectivity index (χ1n) is 8.24. The number of hydrogen-bond acceptors (Lipinski definition) is 6. The van der Waals surface area contributed by atoms with Gasteiger partial charge in [-0.2, -0.15) is 5.10 Å². The molecule has 0 unspecified atom stereocenters. The predicted octanol–water partition coefficient (Wildman–Crippen LogP) is 1.89. The Labute approximate surface area is 163 Å². The van der Waals surface area contributed by atoms with Gasteiger partial charge in [-0.15, -0.1) is 0 Å². The van der Waals surface area contributed by atoms with Crippen LogP contribution in [0, 0.1) is 0 Å². The third-order valence-corrected chi connectivity index (χ3v) is 3.92. The number of nitrogens with zero attached hydrogens (tertiary/aromatic N) is 4. The number of alkyl halides is 2. The van der Waals surface area contributed by atoms with E-state index in [-0.39, 0.29) is 36.3 Å². The van der Waals surface area contributed by atoms with Gasteiger partial charge in [0.05, 0.1) is 24.1 Å². The summed E-state index contributed by atoms with van der Waals surface area (Å²) >= 11 is 6.03. The van der Waals surface area contributed by atoms with Crippen molar-refractivity contribution in [2.75, 3.05) is 19.8 Å². The molecule has 0 fully saturated rings. The molecule has 0 aromatic carbocycles. The molecule has 1 amide bonds. The topological polar surface area (TPSA) is 102 Å². The number of aromatic nitrogens is 4. The average Bonchev–Trinajstić information content (AvgIpc) is 3.07. The third-order valence-electron chi connectivity index (χ3n) is 3.65. The Bertz CT molecular complexity index is 983. The van der Waals surface area contributed by atoms with Gasteiger partial charge in [-0.3, -0.25) is 14.5 Å². The molecule has 2 N–H and O–H groups in total. The maximum atomic E-state index is 12.2. The van der Waals surface area contributed by atoms with Crippen LogP contribution in [-0.2, 0) is 6.54 Å². The number of aliphatic hydroxyl groups excluding tert-OH is 1. The first-order chi connectivity index (χ1) is 13.5. The Hall–Kier alpha value is -2.85. The maximum Gasteiger partial charge on any atom is 0.272 e. The lowest BCUT2D eigenvalue weighted by molar-refractivity contribution is 0.0796. The monoisotopic (exact) mass is 411 g/mol. The minimum atomic E-state index is -2.62. The van der Waals surface area contributed by atoms with Crippen LogP contribution in [0.5, 0.6) is 5.88 Å². The Morgan fingerprint density at radius 2 is 2.21 bits per heavy atom. The second-order valence-corrected chi connectivity index (χ2v) is 6.14. The molecule has 0 saturated heterocycles. The van der Waals surface area contributed by atoms with E-state index in [4.69, 9.17) is 21.4 Å². The highest BCUT2D eigenvalue weighted by atomic mass is 35.5.